The third-order valence-electron chi connectivity index (χ3n) is 6.46. The van der Waals surface area contributed by atoms with Crippen molar-refractivity contribution in [2.24, 2.45) is 23.7 Å². The fraction of sp³-hybridized carbons (Fsp3) is 0.625. The maximum atomic E-state index is 12.8. The van der Waals surface area contributed by atoms with Crippen LogP contribution in [0, 0.1) is 23.7 Å². The highest BCUT2D eigenvalue weighted by Crippen LogP contribution is 2.81. The molecule has 0 radical (unpaired) electrons. The van der Waals surface area contributed by atoms with Gasteiger partial charge in [-0.2, -0.15) is 5.06 Å². The first kappa shape index (κ1) is 19.3. The van der Waals surface area contributed by atoms with Gasteiger partial charge in [0.25, 0.3) is 11.8 Å². The van der Waals surface area contributed by atoms with Crippen molar-refractivity contribution in [3.8, 4) is 0 Å². The Kier molecular flexibility index (Phi) is 3.92. The van der Waals surface area contributed by atoms with Gasteiger partial charge in [0.2, 0.25) is 0 Å². The van der Waals surface area contributed by atoms with Gasteiger partial charge in [-0.05, 0) is 0 Å². The summed E-state index contributed by atoms with van der Waals surface area (Å²) in [4.78, 5) is 27.9. The molecule has 0 N–H and O–H groups in total. The lowest BCUT2D eigenvalue weighted by molar-refractivity contribution is -0.189. The topological polar surface area (TPSA) is 55.8 Å². The number of amides is 2. The highest BCUT2D eigenvalue weighted by atomic mass is 35.5. The summed E-state index contributed by atoms with van der Waals surface area (Å²) >= 11 is 39.7. The van der Waals surface area contributed by atoms with Crippen LogP contribution in [0.25, 0.3) is 0 Å². The predicted octanol–water partition coefficient (Wildman–Crippen LogP) is 3.56. The molecule has 11 heteroatoms. The summed E-state index contributed by atoms with van der Waals surface area (Å²) in [7, 11) is 0. The lowest BCUT2D eigenvalue weighted by Gasteiger charge is -2.39. The van der Waals surface area contributed by atoms with Crippen molar-refractivity contribution in [3.05, 3.63) is 22.7 Å². The lowest BCUT2D eigenvalue weighted by Crippen LogP contribution is -2.50. The summed E-state index contributed by atoms with van der Waals surface area (Å²) < 4.78 is 4.30. The van der Waals surface area contributed by atoms with Gasteiger partial charge in [-0.15, -0.1) is 29.8 Å². The van der Waals surface area contributed by atoms with E-state index in [1.165, 1.54) is 6.08 Å². The maximum Gasteiger partial charge on any atom is 0.260 e. The molecule has 1 saturated carbocycles. The van der Waals surface area contributed by atoms with Crippen molar-refractivity contribution in [2.45, 2.75) is 26.3 Å². The Bertz CT molecular complexity index is 789. The zero-order valence-electron chi connectivity index (χ0n) is 13.3. The molecule has 0 spiro atoms. The Hall–Kier alpha value is 0.280. The van der Waals surface area contributed by atoms with E-state index in [1.54, 1.807) is 0 Å². The van der Waals surface area contributed by atoms with Gasteiger partial charge in [-0.1, -0.05) is 52.5 Å². The van der Waals surface area contributed by atoms with Crippen molar-refractivity contribution < 1.29 is 19.2 Å². The molecular weight excluding hydrogens is 483 g/mol. The Morgan fingerprint density at radius 1 is 1.00 bits per heavy atom. The minimum absolute atomic E-state index is 0.0184. The van der Waals surface area contributed by atoms with E-state index in [-0.39, 0.29) is 16.7 Å². The van der Waals surface area contributed by atoms with Gasteiger partial charge >= 0.3 is 0 Å². The Labute approximate surface area is 184 Å². The highest BCUT2D eigenvalue weighted by Gasteiger charge is 2.90. The second-order valence-corrected chi connectivity index (χ2v) is 10.6. The quantitative estimate of drug-likeness (QED) is 0.343. The molecule has 0 aromatic rings. The van der Waals surface area contributed by atoms with Crippen LogP contribution in [0.2, 0.25) is 0 Å². The van der Waals surface area contributed by atoms with Crippen molar-refractivity contribution >= 4 is 81.4 Å². The van der Waals surface area contributed by atoms with Crippen molar-refractivity contribution in [1.82, 2.24) is 5.06 Å². The fourth-order valence-corrected chi connectivity index (χ4v) is 8.59. The lowest BCUT2D eigenvalue weighted by atomic mass is 9.65. The van der Waals surface area contributed by atoms with Gasteiger partial charge in [0, 0.05) is 11.8 Å². The molecule has 2 aliphatic carbocycles. The first-order valence-electron chi connectivity index (χ1n) is 8.15. The van der Waals surface area contributed by atoms with Crippen LogP contribution in [0.1, 0.15) is 0 Å². The van der Waals surface area contributed by atoms with Gasteiger partial charge in [-0.25, -0.2) is 0 Å². The van der Waals surface area contributed by atoms with E-state index in [9.17, 15) is 9.59 Å². The second kappa shape index (κ2) is 5.50. The Balaban J connectivity index is 1.62. The molecule has 5 rings (SSSR count). The molecule has 8 atom stereocenters. The van der Waals surface area contributed by atoms with E-state index in [0.717, 1.165) is 5.06 Å². The number of fused-ring (bicyclic) bond motifs is 12. The van der Waals surface area contributed by atoms with E-state index in [2.05, 4.69) is 6.58 Å². The van der Waals surface area contributed by atoms with Crippen LogP contribution in [0.4, 0.5) is 0 Å². The summed E-state index contributed by atoms with van der Waals surface area (Å²) in [6, 6.07) is 0. The SMILES string of the molecule is C=CCON1C(=O)[C@H]2[C@H]3O[C@H]([C@@H]2C1=O)[C@@H]1[C@@H]3[C@]2(Cl)C(Cl)=C(Cl)[C@]1(Cl)C2(Cl)Cl. The molecule has 5 aliphatic rings. The maximum absolute atomic E-state index is 12.8. The van der Waals surface area contributed by atoms with E-state index in [0.29, 0.717) is 0 Å². The van der Waals surface area contributed by atoms with Crippen LogP contribution < -0.4 is 0 Å². The van der Waals surface area contributed by atoms with Crippen LogP contribution in [0.5, 0.6) is 0 Å². The normalized spacial score (nSPS) is 51.4. The van der Waals surface area contributed by atoms with Crippen LogP contribution in [-0.4, -0.2) is 49.8 Å². The van der Waals surface area contributed by atoms with Gasteiger partial charge in [0.1, 0.15) is 9.75 Å². The first-order chi connectivity index (χ1) is 12.6. The molecule has 5 nitrogen and oxygen atoms in total. The number of allylic oxidation sites excluding steroid dienone is 2. The number of hydrogen-bond donors (Lipinski definition) is 0. The Morgan fingerprint density at radius 2 is 1.44 bits per heavy atom. The second-order valence-electron chi connectivity index (χ2n) is 7.35. The summed E-state index contributed by atoms with van der Waals surface area (Å²) in [6.07, 6.45) is -0.0192. The Morgan fingerprint density at radius 3 is 1.85 bits per heavy atom. The summed E-state index contributed by atoms with van der Waals surface area (Å²) in [6.45, 7) is 3.53. The number of imide groups is 1. The number of hydrogen-bond acceptors (Lipinski definition) is 4. The molecule has 3 aliphatic heterocycles. The van der Waals surface area contributed by atoms with Crippen molar-refractivity contribution in [2.75, 3.05) is 6.61 Å². The zero-order valence-corrected chi connectivity index (χ0v) is 17.8. The molecule has 27 heavy (non-hydrogen) atoms. The van der Waals surface area contributed by atoms with Gasteiger partial charge < -0.3 is 4.74 Å². The monoisotopic (exact) mass is 491 g/mol. The molecule has 146 valence electrons. The number of hydroxylamine groups is 2. The van der Waals surface area contributed by atoms with Crippen molar-refractivity contribution in [1.29, 1.82) is 0 Å². The predicted molar refractivity (Wildman–Crippen MR) is 101 cm³/mol. The smallest absolute Gasteiger partial charge is 0.260 e. The minimum atomic E-state index is -1.73. The van der Waals surface area contributed by atoms with Crippen LogP contribution >= 0.6 is 69.6 Å². The van der Waals surface area contributed by atoms with Gasteiger partial charge in [0.15, 0.2) is 4.33 Å². The molecule has 4 bridgehead atoms. The third-order valence-corrected chi connectivity index (χ3v) is 10.8. The van der Waals surface area contributed by atoms with E-state index in [1.807, 2.05) is 0 Å². The standard InChI is InChI=1S/C16H11Cl6NO4/c1-2-3-26-23-12(24)4-5(13(23)25)9-7-6(8(4)27-9)14(19)10(17)11(18)15(7,20)16(14,21)22/h2,4-9H,1,3H2/t4-,5-,6+,7+,8-,9-,14+,15+/m1/s1. The number of rotatable bonds is 3. The first-order valence-corrected chi connectivity index (χ1v) is 10.4. The molecular formula is C16H11Cl6NO4. The molecule has 3 saturated heterocycles. The minimum Gasteiger partial charge on any atom is -0.373 e. The number of alkyl halides is 4. The summed E-state index contributed by atoms with van der Waals surface area (Å²) in [5, 5.41) is 0.878. The average Bonchev–Trinajstić information content (AvgIpc) is 3.31. The third kappa shape index (κ3) is 1.74. The number of halogens is 6. The van der Waals surface area contributed by atoms with Crippen LogP contribution in [0.3, 0.4) is 0 Å². The molecule has 4 fully saturated rings. The largest absolute Gasteiger partial charge is 0.373 e. The number of carbonyl (C=O) groups is 2. The van der Waals surface area contributed by atoms with Gasteiger partial charge in [-0.3, -0.25) is 14.4 Å². The van der Waals surface area contributed by atoms with Crippen LogP contribution in [0.15, 0.2) is 22.7 Å². The number of nitrogens with zero attached hydrogens (tertiary/aromatic N) is 1. The zero-order chi connectivity index (χ0) is 19.7. The number of carbonyl (C=O) groups excluding carboxylic acids is 2. The molecule has 0 unspecified atom stereocenters. The molecule has 3 heterocycles. The molecule has 0 aromatic heterocycles. The van der Waals surface area contributed by atoms with E-state index >= 15 is 0 Å². The molecule has 2 amide bonds. The van der Waals surface area contributed by atoms with Crippen molar-refractivity contribution in [3.63, 3.8) is 0 Å². The summed E-state index contributed by atoms with van der Waals surface area (Å²) in [5.74, 6) is -3.68. The van der Waals surface area contributed by atoms with Gasteiger partial charge in [0.05, 0.1) is 40.7 Å². The van der Waals surface area contributed by atoms with E-state index < -0.39 is 61.8 Å². The van der Waals surface area contributed by atoms with E-state index in [4.69, 9.17) is 79.2 Å². The molecule has 0 aromatic carbocycles. The fourth-order valence-electron chi connectivity index (χ4n) is 5.52. The average molecular weight is 494 g/mol. The summed E-state index contributed by atoms with van der Waals surface area (Å²) in [5.41, 5.74) is 0. The highest BCUT2D eigenvalue weighted by molar-refractivity contribution is 6.65. The number of ether oxygens (including phenoxy) is 1. The van der Waals surface area contributed by atoms with Crippen LogP contribution in [-0.2, 0) is 19.2 Å².